The van der Waals surface area contributed by atoms with E-state index in [0.29, 0.717) is 0 Å². The highest BCUT2D eigenvalue weighted by atomic mass is 16.5. The molecule has 0 spiro atoms. The number of rotatable bonds is 6. The molecule has 1 aromatic rings. The van der Waals surface area contributed by atoms with Gasteiger partial charge in [0.25, 0.3) is 0 Å². The van der Waals surface area contributed by atoms with Gasteiger partial charge in [0.2, 0.25) is 0 Å². The zero-order chi connectivity index (χ0) is 14.4. The zero-order valence-electron chi connectivity index (χ0n) is 12.5. The van der Waals surface area contributed by atoms with Gasteiger partial charge in [0, 0.05) is 18.7 Å². The van der Waals surface area contributed by atoms with Crippen LogP contribution in [0.4, 0.5) is 0 Å². The topological polar surface area (TPSA) is 29.5 Å². The number of carbonyl (C=O) groups excluding carboxylic acids is 1. The van der Waals surface area contributed by atoms with Gasteiger partial charge in [0.15, 0.2) is 5.78 Å². The average molecular weight is 275 g/mol. The van der Waals surface area contributed by atoms with Crippen LogP contribution in [-0.2, 0) is 4.74 Å². The summed E-state index contributed by atoms with van der Waals surface area (Å²) in [4.78, 5) is 14.7. The van der Waals surface area contributed by atoms with Crippen molar-refractivity contribution in [3.63, 3.8) is 0 Å². The predicted molar refractivity (Wildman–Crippen MR) is 81.1 cm³/mol. The Hall–Kier alpha value is -1.19. The molecule has 1 aliphatic rings. The quantitative estimate of drug-likeness (QED) is 0.747. The molecule has 0 aromatic heterocycles. The first-order chi connectivity index (χ1) is 9.72. The van der Waals surface area contributed by atoms with Gasteiger partial charge in [-0.1, -0.05) is 37.3 Å². The molecule has 2 unspecified atom stereocenters. The van der Waals surface area contributed by atoms with Gasteiger partial charge >= 0.3 is 0 Å². The van der Waals surface area contributed by atoms with Gasteiger partial charge in [-0.3, -0.25) is 9.69 Å². The van der Waals surface area contributed by atoms with Gasteiger partial charge < -0.3 is 4.74 Å². The largest absolute Gasteiger partial charge is 0.377 e. The Bertz CT molecular complexity index is 412. The normalized spacial score (nSPS) is 20.9. The third-order valence-electron chi connectivity index (χ3n) is 4.05. The summed E-state index contributed by atoms with van der Waals surface area (Å²) in [6, 6.07) is 9.53. The van der Waals surface area contributed by atoms with Gasteiger partial charge in [-0.05, 0) is 32.7 Å². The molecule has 1 aliphatic heterocycles. The Morgan fingerprint density at radius 1 is 1.35 bits per heavy atom. The molecule has 1 saturated heterocycles. The first kappa shape index (κ1) is 15.2. The second-order valence-electron chi connectivity index (χ2n) is 5.58. The molecule has 0 bridgehead atoms. The molecule has 0 radical (unpaired) electrons. The number of benzene rings is 1. The molecule has 0 N–H and O–H groups in total. The number of Topliss-reactive ketones (excluding diaryl/α,β-unsaturated/α-hetero) is 1. The van der Waals surface area contributed by atoms with Crippen LogP contribution in [0.2, 0.25) is 0 Å². The maximum Gasteiger partial charge on any atom is 0.179 e. The summed E-state index contributed by atoms with van der Waals surface area (Å²) in [5, 5.41) is 0. The van der Waals surface area contributed by atoms with Crippen molar-refractivity contribution in [1.29, 1.82) is 0 Å². The van der Waals surface area contributed by atoms with Crippen LogP contribution in [0, 0.1) is 0 Å². The number of hydrogen-bond acceptors (Lipinski definition) is 3. The van der Waals surface area contributed by atoms with Crippen LogP contribution in [0.5, 0.6) is 0 Å². The number of carbonyl (C=O) groups is 1. The lowest BCUT2D eigenvalue weighted by Gasteiger charge is -2.31. The van der Waals surface area contributed by atoms with E-state index < -0.39 is 0 Å². The number of likely N-dealkylation sites (N-methyl/N-ethyl adjacent to an activating group) is 1. The number of ketones is 1. The first-order valence-corrected chi connectivity index (χ1v) is 7.63. The first-order valence-electron chi connectivity index (χ1n) is 7.63. The van der Waals surface area contributed by atoms with E-state index in [0.717, 1.165) is 31.6 Å². The van der Waals surface area contributed by atoms with Crippen LogP contribution in [0.3, 0.4) is 0 Å². The zero-order valence-corrected chi connectivity index (χ0v) is 12.5. The molecule has 2 atom stereocenters. The van der Waals surface area contributed by atoms with Crippen molar-refractivity contribution in [2.45, 2.75) is 44.8 Å². The van der Waals surface area contributed by atoms with E-state index in [1.54, 1.807) is 0 Å². The molecule has 3 heteroatoms. The lowest BCUT2D eigenvalue weighted by molar-refractivity contribution is -0.00705. The maximum absolute atomic E-state index is 12.6. The standard InChI is InChI=1S/C17H25NO2/c1-3-16(17(19)14-9-5-4-6-10-14)18(2)13-15-11-7-8-12-20-15/h4-6,9-10,15-16H,3,7-8,11-13H2,1-2H3. The molecule has 1 fully saturated rings. The molecule has 20 heavy (non-hydrogen) atoms. The van der Waals surface area contributed by atoms with E-state index in [9.17, 15) is 4.79 Å². The van der Waals surface area contributed by atoms with Crippen molar-refractivity contribution in [2.75, 3.05) is 20.2 Å². The molecular weight excluding hydrogens is 250 g/mol. The van der Waals surface area contributed by atoms with Crippen LogP contribution in [0.15, 0.2) is 30.3 Å². The fourth-order valence-corrected chi connectivity index (χ4v) is 2.89. The minimum absolute atomic E-state index is 0.0528. The number of hydrogen-bond donors (Lipinski definition) is 0. The second-order valence-corrected chi connectivity index (χ2v) is 5.58. The van der Waals surface area contributed by atoms with Crippen molar-refractivity contribution < 1.29 is 9.53 Å². The van der Waals surface area contributed by atoms with E-state index in [2.05, 4.69) is 11.8 Å². The summed E-state index contributed by atoms with van der Waals surface area (Å²) < 4.78 is 5.78. The Morgan fingerprint density at radius 3 is 2.70 bits per heavy atom. The van der Waals surface area contributed by atoms with E-state index in [4.69, 9.17) is 4.74 Å². The van der Waals surface area contributed by atoms with Crippen molar-refractivity contribution >= 4 is 5.78 Å². The Kier molecular flexibility index (Phi) is 5.74. The lowest BCUT2D eigenvalue weighted by Crippen LogP contribution is -2.43. The van der Waals surface area contributed by atoms with E-state index >= 15 is 0 Å². The molecule has 3 nitrogen and oxygen atoms in total. The summed E-state index contributed by atoms with van der Waals surface area (Å²) in [6.45, 7) is 3.78. The van der Waals surface area contributed by atoms with Gasteiger partial charge in [-0.25, -0.2) is 0 Å². The second kappa shape index (κ2) is 7.55. The molecule has 0 saturated carbocycles. The highest BCUT2D eigenvalue weighted by Gasteiger charge is 2.25. The highest BCUT2D eigenvalue weighted by molar-refractivity contribution is 6.00. The van der Waals surface area contributed by atoms with Crippen molar-refractivity contribution in [2.24, 2.45) is 0 Å². The average Bonchev–Trinajstić information content (AvgIpc) is 2.49. The third kappa shape index (κ3) is 3.90. The smallest absolute Gasteiger partial charge is 0.179 e. The summed E-state index contributed by atoms with van der Waals surface area (Å²) in [5.41, 5.74) is 0.802. The van der Waals surface area contributed by atoms with Crippen LogP contribution in [0.25, 0.3) is 0 Å². The van der Waals surface area contributed by atoms with Crippen molar-refractivity contribution in [3.05, 3.63) is 35.9 Å². The molecule has 0 aliphatic carbocycles. The Labute approximate surface area is 121 Å². The number of ether oxygens (including phenoxy) is 1. The van der Waals surface area contributed by atoms with Gasteiger partial charge in [-0.2, -0.15) is 0 Å². The fraction of sp³-hybridized carbons (Fsp3) is 0.588. The highest BCUT2D eigenvalue weighted by Crippen LogP contribution is 2.17. The predicted octanol–water partition coefficient (Wildman–Crippen LogP) is 3.15. The van der Waals surface area contributed by atoms with Crippen LogP contribution in [0.1, 0.15) is 43.0 Å². The van der Waals surface area contributed by atoms with Gasteiger partial charge in [-0.15, -0.1) is 0 Å². The number of nitrogens with zero attached hydrogens (tertiary/aromatic N) is 1. The SMILES string of the molecule is CCC(C(=O)c1ccccc1)N(C)CC1CCCCO1. The maximum atomic E-state index is 12.6. The molecular formula is C17H25NO2. The lowest BCUT2D eigenvalue weighted by atomic mass is 10.00. The summed E-state index contributed by atoms with van der Waals surface area (Å²) >= 11 is 0. The summed E-state index contributed by atoms with van der Waals surface area (Å²) in [7, 11) is 2.03. The molecule has 110 valence electrons. The summed E-state index contributed by atoms with van der Waals surface area (Å²) in [5.74, 6) is 0.214. The van der Waals surface area contributed by atoms with Gasteiger partial charge in [0.1, 0.15) is 0 Å². The Balaban J connectivity index is 1.97. The monoisotopic (exact) mass is 275 g/mol. The minimum Gasteiger partial charge on any atom is -0.377 e. The minimum atomic E-state index is -0.0528. The molecule has 1 aromatic carbocycles. The molecule has 0 amide bonds. The third-order valence-corrected chi connectivity index (χ3v) is 4.05. The van der Waals surface area contributed by atoms with Crippen molar-refractivity contribution in [1.82, 2.24) is 4.90 Å². The van der Waals surface area contributed by atoms with Crippen LogP contribution < -0.4 is 0 Å². The van der Waals surface area contributed by atoms with Crippen LogP contribution >= 0.6 is 0 Å². The fourth-order valence-electron chi connectivity index (χ4n) is 2.89. The van der Waals surface area contributed by atoms with Gasteiger partial charge in [0.05, 0.1) is 12.1 Å². The van der Waals surface area contributed by atoms with Crippen molar-refractivity contribution in [3.8, 4) is 0 Å². The van der Waals surface area contributed by atoms with E-state index in [-0.39, 0.29) is 17.9 Å². The summed E-state index contributed by atoms with van der Waals surface area (Å²) in [6.07, 6.45) is 4.63. The van der Waals surface area contributed by atoms with Crippen LogP contribution in [-0.4, -0.2) is 43.0 Å². The Morgan fingerprint density at radius 2 is 2.10 bits per heavy atom. The van der Waals surface area contributed by atoms with E-state index in [1.807, 2.05) is 37.4 Å². The molecule has 1 heterocycles. The van der Waals surface area contributed by atoms with E-state index in [1.165, 1.54) is 12.8 Å². The molecule has 2 rings (SSSR count).